The second-order valence-corrected chi connectivity index (χ2v) is 4.72. The molecule has 8 heteroatoms. The van der Waals surface area contributed by atoms with Crippen molar-refractivity contribution in [1.29, 1.82) is 0 Å². The zero-order valence-electron chi connectivity index (χ0n) is 12.1. The average Bonchev–Trinajstić information content (AvgIpc) is 2.93. The zero-order valence-corrected chi connectivity index (χ0v) is 12.1. The fourth-order valence-electron chi connectivity index (χ4n) is 2.13. The fraction of sp³-hybridized carbons (Fsp3) is 0.200. The zero-order chi connectivity index (χ0) is 17.2. The topological polar surface area (TPSA) is 81.1 Å². The molecule has 0 atom stereocenters. The molecule has 2 aromatic rings. The van der Waals surface area contributed by atoms with Crippen molar-refractivity contribution in [3.8, 4) is 5.69 Å². The number of aromatic carboxylic acids is 1. The van der Waals surface area contributed by atoms with Gasteiger partial charge in [-0.15, -0.1) is 0 Å². The number of carboxylic acid groups (broad SMARTS) is 1. The third-order valence-electron chi connectivity index (χ3n) is 3.16. The molecule has 0 fully saturated rings. The predicted molar refractivity (Wildman–Crippen MR) is 78.1 cm³/mol. The van der Waals surface area contributed by atoms with Crippen LogP contribution < -0.4 is 5.73 Å². The van der Waals surface area contributed by atoms with Gasteiger partial charge in [-0.2, -0.15) is 18.3 Å². The van der Waals surface area contributed by atoms with Crippen LogP contribution in [-0.4, -0.2) is 20.9 Å². The first-order valence-electron chi connectivity index (χ1n) is 6.64. The molecule has 5 nitrogen and oxygen atoms in total. The Kier molecular flexibility index (Phi) is 4.55. The van der Waals surface area contributed by atoms with Crippen LogP contribution in [0.3, 0.4) is 0 Å². The van der Waals surface area contributed by atoms with Crippen LogP contribution in [0.1, 0.15) is 34.2 Å². The lowest BCUT2D eigenvalue weighted by Gasteiger charge is -2.12. The van der Waals surface area contributed by atoms with E-state index < -0.39 is 23.5 Å². The molecular weight excluding hydrogens is 311 g/mol. The highest BCUT2D eigenvalue weighted by Gasteiger charge is 2.37. The molecule has 2 rings (SSSR count). The average molecular weight is 325 g/mol. The van der Waals surface area contributed by atoms with E-state index >= 15 is 0 Å². The second-order valence-electron chi connectivity index (χ2n) is 4.72. The van der Waals surface area contributed by atoms with Gasteiger partial charge in [0.05, 0.1) is 5.69 Å². The van der Waals surface area contributed by atoms with Crippen LogP contribution in [-0.2, 0) is 12.7 Å². The van der Waals surface area contributed by atoms with Crippen molar-refractivity contribution in [1.82, 2.24) is 9.78 Å². The Morgan fingerprint density at radius 3 is 2.61 bits per heavy atom. The summed E-state index contributed by atoms with van der Waals surface area (Å²) in [4.78, 5) is 10.9. The van der Waals surface area contributed by atoms with Crippen molar-refractivity contribution in [2.45, 2.75) is 19.6 Å². The summed E-state index contributed by atoms with van der Waals surface area (Å²) in [5, 5.41) is 12.4. The van der Waals surface area contributed by atoms with E-state index in [1.165, 1.54) is 12.1 Å². The summed E-state index contributed by atoms with van der Waals surface area (Å²) in [6.45, 7) is 1.94. The van der Waals surface area contributed by atoms with Crippen LogP contribution in [0.15, 0.2) is 30.3 Å². The number of allylic oxidation sites excluding steroid dienone is 1. The lowest BCUT2D eigenvalue weighted by molar-refractivity contribution is -0.142. The standard InChI is InChI=1S/C15H14F3N3O2/c1-2-3-9-4-5-11(6-10(9)8-19)21-13(15(16,17)18)7-12(20-21)14(22)23/h2-7H,8,19H2,1H3,(H,22,23)/b3-2-. The minimum absolute atomic E-state index is 0.0959. The molecule has 0 radical (unpaired) electrons. The number of hydrogen-bond donors (Lipinski definition) is 2. The van der Waals surface area contributed by atoms with Gasteiger partial charge < -0.3 is 10.8 Å². The maximum Gasteiger partial charge on any atom is 0.433 e. The van der Waals surface area contributed by atoms with Crippen molar-refractivity contribution in [2.24, 2.45) is 5.73 Å². The van der Waals surface area contributed by atoms with Crippen molar-refractivity contribution >= 4 is 12.0 Å². The summed E-state index contributed by atoms with van der Waals surface area (Å²) < 4.78 is 39.9. The van der Waals surface area contributed by atoms with Crippen LogP contribution in [0.5, 0.6) is 0 Å². The highest BCUT2D eigenvalue weighted by molar-refractivity contribution is 5.85. The molecule has 0 unspecified atom stereocenters. The van der Waals surface area contributed by atoms with E-state index in [0.29, 0.717) is 16.3 Å². The van der Waals surface area contributed by atoms with Gasteiger partial charge >= 0.3 is 12.1 Å². The molecule has 0 bridgehead atoms. The highest BCUT2D eigenvalue weighted by atomic mass is 19.4. The van der Waals surface area contributed by atoms with Crippen LogP contribution in [0, 0.1) is 0 Å². The third kappa shape index (κ3) is 3.42. The number of alkyl halides is 3. The van der Waals surface area contributed by atoms with E-state index in [4.69, 9.17) is 10.8 Å². The molecule has 122 valence electrons. The quantitative estimate of drug-likeness (QED) is 0.905. The summed E-state index contributed by atoms with van der Waals surface area (Å²) in [5.41, 5.74) is 5.29. The molecule has 0 aliphatic carbocycles. The van der Waals surface area contributed by atoms with E-state index in [9.17, 15) is 18.0 Å². The molecule has 1 heterocycles. The lowest BCUT2D eigenvalue weighted by atomic mass is 10.1. The van der Waals surface area contributed by atoms with Gasteiger partial charge in [0.15, 0.2) is 5.69 Å². The van der Waals surface area contributed by atoms with Gasteiger partial charge in [0, 0.05) is 12.6 Å². The number of nitrogens with two attached hydrogens (primary N) is 1. The maximum atomic E-state index is 13.1. The maximum absolute atomic E-state index is 13.1. The Hall–Kier alpha value is -2.61. The Balaban J connectivity index is 2.64. The van der Waals surface area contributed by atoms with E-state index in [0.717, 1.165) is 5.56 Å². The second kappa shape index (κ2) is 6.25. The normalized spacial score (nSPS) is 12.0. The molecule has 1 aromatic carbocycles. The summed E-state index contributed by atoms with van der Waals surface area (Å²) >= 11 is 0. The fourth-order valence-corrected chi connectivity index (χ4v) is 2.13. The SMILES string of the molecule is C/C=C\c1ccc(-n2nc(C(=O)O)cc2C(F)(F)F)cc1CN. The number of aromatic nitrogens is 2. The molecular formula is C15H14F3N3O2. The Morgan fingerprint density at radius 1 is 1.39 bits per heavy atom. The summed E-state index contributed by atoms with van der Waals surface area (Å²) in [5.74, 6) is -1.53. The summed E-state index contributed by atoms with van der Waals surface area (Å²) in [6, 6.07) is 5.01. The first-order chi connectivity index (χ1) is 10.8. The monoisotopic (exact) mass is 325 g/mol. The largest absolute Gasteiger partial charge is 0.476 e. The first-order valence-corrected chi connectivity index (χ1v) is 6.64. The van der Waals surface area contributed by atoms with Gasteiger partial charge in [0.1, 0.15) is 5.69 Å². The van der Waals surface area contributed by atoms with Crippen LogP contribution in [0.25, 0.3) is 11.8 Å². The Morgan fingerprint density at radius 2 is 2.09 bits per heavy atom. The van der Waals surface area contributed by atoms with Crippen LogP contribution in [0.4, 0.5) is 13.2 Å². The molecule has 0 amide bonds. The van der Waals surface area contributed by atoms with Crippen LogP contribution >= 0.6 is 0 Å². The minimum atomic E-state index is -4.73. The van der Waals surface area contributed by atoms with Crippen molar-refractivity contribution < 1.29 is 23.1 Å². The lowest BCUT2D eigenvalue weighted by Crippen LogP contribution is -2.14. The van der Waals surface area contributed by atoms with Gasteiger partial charge in [-0.3, -0.25) is 0 Å². The molecule has 0 aliphatic rings. The molecule has 0 spiro atoms. The smallest absolute Gasteiger partial charge is 0.433 e. The number of carboxylic acids is 1. The first kappa shape index (κ1) is 16.8. The molecule has 1 aromatic heterocycles. The Bertz CT molecular complexity index is 764. The van der Waals surface area contributed by atoms with Crippen molar-refractivity contribution in [3.05, 3.63) is 52.9 Å². The van der Waals surface area contributed by atoms with Gasteiger partial charge in [-0.1, -0.05) is 18.2 Å². The number of benzene rings is 1. The predicted octanol–water partition coefficient (Wildman–Crippen LogP) is 3.08. The van der Waals surface area contributed by atoms with Gasteiger partial charge in [-0.25, -0.2) is 9.48 Å². The van der Waals surface area contributed by atoms with E-state index in [-0.39, 0.29) is 12.2 Å². The summed E-state index contributed by atoms with van der Waals surface area (Å²) in [7, 11) is 0. The number of hydrogen-bond acceptors (Lipinski definition) is 3. The number of carbonyl (C=O) groups is 1. The number of rotatable bonds is 4. The molecule has 3 N–H and O–H groups in total. The van der Waals surface area contributed by atoms with E-state index in [2.05, 4.69) is 5.10 Å². The highest BCUT2D eigenvalue weighted by Crippen LogP contribution is 2.32. The van der Waals surface area contributed by atoms with Gasteiger partial charge in [0.25, 0.3) is 0 Å². The van der Waals surface area contributed by atoms with Crippen LogP contribution in [0.2, 0.25) is 0 Å². The molecule has 23 heavy (non-hydrogen) atoms. The van der Waals surface area contributed by atoms with Crippen molar-refractivity contribution in [3.63, 3.8) is 0 Å². The molecule has 0 saturated heterocycles. The summed E-state index contributed by atoms with van der Waals surface area (Å²) in [6.07, 6.45) is -1.17. The third-order valence-corrected chi connectivity index (χ3v) is 3.16. The van der Waals surface area contributed by atoms with Gasteiger partial charge in [0.2, 0.25) is 0 Å². The van der Waals surface area contributed by atoms with Gasteiger partial charge in [-0.05, 0) is 30.2 Å². The number of halogens is 3. The van der Waals surface area contributed by atoms with E-state index in [1.54, 1.807) is 18.2 Å². The van der Waals surface area contributed by atoms with Crippen molar-refractivity contribution in [2.75, 3.05) is 0 Å². The molecule has 0 aliphatic heterocycles. The Labute approximate surface area is 129 Å². The minimum Gasteiger partial charge on any atom is -0.476 e. The number of nitrogens with zero attached hydrogens (tertiary/aromatic N) is 2. The molecule has 0 saturated carbocycles. The van der Waals surface area contributed by atoms with E-state index in [1.807, 2.05) is 6.92 Å².